The lowest BCUT2D eigenvalue weighted by molar-refractivity contribution is -0.0230. The van der Waals surface area contributed by atoms with E-state index in [1.165, 1.54) is 12.1 Å². The molecule has 0 N–H and O–H groups in total. The summed E-state index contributed by atoms with van der Waals surface area (Å²) in [6.45, 7) is 1.43. The number of halogens is 1. The third kappa shape index (κ3) is 3.34. The first kappa shape index (κ1) is 18.1. The highest BCUT2D eigenvalue weighted by atomic mass is 19.1. The van der Waals surface area contributed by atoms with Crippen LogP contribution in [0.5, 0.6) is 0 Å². The quantitative estimate of drug-likeness (QED) is 0.684. The lowest BCUT2D eigenvalue weighted by atomic mass is 10.1. The number of nitrogens with zero attached hydrogens (tertiary/aromatic N) is 3. The molecule has 0 radical (unpaired) electrons. The third-order valence-electron chi connectivity index (χ3n) is 5.73. The number of benzene rings is 2. The first-order valence-corrected chi connectivity index (χ1v) is 10.0. The van der Waals surface area contributed by atoms with Crippen molar-refractivity contribution in [3.05, 3.63) is 82.9 Å². The summed E-state index contributed by atoms with van der Waals surface area (Å²) in [6, 6.07) is 16.2. The number of ether oxygens (including phenoxy) is 1. The average Bonchev–Trinajstić information content (AvgIpc) is 3.37. The average molecular weight is 391 g/mol. The van der Waals surface area contributed by atoms with E-state index in [2.05, 4.69) is 0 Å². The Morgan fingerprint density at radius 3 is 2.66 bits per heavy atom. The summed E-state index contributed by atoms with van der Waals surface area (Å²) in [7, 11) is 0. The largest absolute Gasteiger partial charge is 0.370 e. The third-order valence-corrected chi connectivity index (χ3v) is 5.73. The van der Waals surface area contributed by atoms with Crippen molar-refractivity contribution in [2.75, 3.05) is 19.7 Å². The Kier molecular flexibility index (Phi) is 4.64. The summed E-state index contributed by atoms with van der Waals surface area (Å²) in [5.74, 6) is -0.326. The molecule has 2 heterocycles. The van der Waals surface area contributed by atoms with Crippen molar-refractivity contribution in [1.29, 1.82) is 0 Å². The first-order chi connectivity index (χ1) is 14.2. The topological polar surface area (TPSA) is 47.4 Å². The minimum atomic E-state index is -0.278. The van der Waals surface area contributed by atoms with Gasteiger partial charge >= 0.3 is 0 Å². The Balaban J connectivity index is 1.43. The standard InChI is InChI=1S/C23H22FN3O2/c24-17-11-9-16(10-12-17)21-15-26(13-14-29-21)23(28)22-19-7-4-8-20(19)27(25-22)18-5-2-1-3-6-18/h1-3,5-6,9-12,21H,4,7-8,13-15H2. The molecule has 1 aliphatic heterocycles. The fraction of sp³-hybridized carbons (Fsp3) is 0.304. The summed E-state index contributed by atoms with van der Waals surface area (Å²) in [5.41, 5.74) is 4.63. The van der Waals surface area contributed by atoms with Crippen LogP contribution in [0, 0.1) is 5.82 Å². The summed E-state index contributed by atoms with van der Waals surface area (Å²) >= 11 is 0. The van der Waals surface area contributed by atoms with E-state index < -0.39 is 0 Å². The Morgan fingerprint density at radius 1 is 1.07 bits per heavy atom. The molecule has 5 nitrogen and oxygen atoms in total. The summed E-state index contributed by atoms with van der Waals surface area (Å²) < 4.78 is 21.0. The Bertz CT molecular complexity index is 1030. The fourth-order valence-corrected chi connectivity index (χ4v) is 4.25. The number of hydrogen-bond donors (Lipinski definition) is 0. The predicted molar refractivity (Wildman–Crippen MR) is 107 cm³/mol. The van der Waals surface area contributed by atoms with E-state index in [4.69, 9.17) is 9.84 Å². The molecule has 2 aromatic carbocycles. The normalized spacial score (nSPS) is 18.7. The van der Waals surface area contributed by atoms with Gasteiger partial charge < -0.3 is 9.64 Å². The number of hydrogen-bond acceptors (Lipinski definition) is 3. The highest BCUT2D eigenvalue weighted by Crippen LogP contribution is 2.30. The van der Waals surface area contributed by atoms with Crippen molar-refractivity contribution in [3.8, 4) is 5.69 Å². The van der Waals surface area contributed by atoms with Gasteiger partial charge in [0.1, 0.15) is 11.9 Å². The van der Waals surface area contributed by atoms with Crippen LogP contribution >= 0.6 is 0 Å². The number of rotatable bonds is 3. The summed E-state index contributed by atoms with van der Waals surface area (Å²) in [6.07, 6.45) is 2.61. The highest BCUT2D eigenvalue weighted by molar-refractivity contribution is 5.94. The molecule has 148 valence electrons. The number of aromatic nitrogens is 2. The maximum atomic E-state index is 13.4. The van der Waals surface area contributed by atoms with Crippen molar-refractivity contribution in [2.24, 2.45) is 0 Å². The molecule has 1 amide bonds. The van der Waals surface area contributed by atoms with Gasteiger partial charge in [-0.2, -0.15) is 5.10 Å². The number of para-hydroxylation sites is 1. The van der Waals surface area contributed by atoms with Gasteiger partial charge in [-0.3, -0.25) is 4.79 Å². The number of morpholine rings is 1. The van der Waals surface area contributed by atoms with Crippen LogP contribution in [0.1, 0.15) is 39.8 Å². The maximum absolute atomic E-state index is 13.4. The van der Waals surface area contributed by atoms with Crippen molar-refractivity contribution in [3.63, 3.8) is 0 Å². The van der Waals surface area contributed by atoms with Gasteiger partial charge in [-0.15, -0.1) is 0 Å². The lowest BCUT2D eigenvalue weighted by Crippen LogP contribution is -2.42. The van der Waals surface area contributed by atoms with Crippen molar-refractivity contribution in [1.82, 2.24) is 14.7 Å². The molecule has 0 bridgehead atoms. The molecule has 3 aromatic rings. The Morgan fingerprint density at radius 2 is 1.86 bits per heavy atom. The zero-order chi connectivity index (χ0) is 19.8. The summed E-state index contributed by atoms with van der Waals surface area (Å²) in [5, 5.41) is 4.72. The molecule has 1 atom stereocenters. The van der Waals surface area contributed by atoms with E-state index in [1.807, 2.05) is 39.9 Å². The van der Waals surface area contributed by atoms with Crippen molar-refractivity contribution < 1.29 is 13.9 Å². The van der Waals surface area contributed by atoms with Crippen LogP contribution in [0.2, 0.25) is 0 Å². The SMILES string of the molecule is O=C(c1nn(-c2ccccc2)c2c1CCC2)N1CCOC(c2ccc(F)cc2)C1. The Hall–Kier alpha value is -2.99. The number of carbonyl (C=O) groups is 1. The number of carbonyl (C=O) groups excluding carboxylic acids is 1. The molecule has 0 saturated carbocycles. The van der Waals surface area contributed by atoms with Gasteiger partial charge in [-0.1, -0.05) is 30.3 Å². The lowest BCUT2D eigenvalue weighted by Gasteiger charge is -2.33. The van der Waals surface area contributed by atoms with E-state index in [0.717, 1.165) is 41.8 Å². The fourth-order valence-electron chi connectivity index (χ4n) is 4.25. The monoisotopic (exact) mass is 391 g/mol. The van der Waals surface area contributed by atoms with Gasteiger partial charge in [0.25, 0.3) is 5.91 Å². The van der Waals surface area contributed by atoms with Crippen molar-refractivity contribution >= 4 is 5.91 Å². The molecule has 1 aliphatic carbocycles. The van der Waals surface area contributed by atoms with Crippen LogP contribution in [0.15, 0.2) is 54.6 Å². The molecule has 2 aliphatic rings. The molecule has 0 spiro atoms. The van der Waals surface area contributed by atoms with Gasteiger partial charge in [0, 0.05) is 17.8 Å². The van der Waals surface area contributed by atoms with E-state index in [9.17, 15) is 9.18 Å². The zero-order valence-corrected chi connectivity index (χ0v) is 16.1. The Labute approximate surface area is 168 Å². The van der Waals surface area contributed by atoms with E-state index in [0.29, 0.717) is 25.4 Å². The zero-order valence-electron chi connectivity index (χ0n) is 16.1. The molecule has 1 fully saturated rings. The van der Waals surface area contributed by atoms with Crippen LogP contribution in [-0.2, 0) is 17.6 Å². The van der Waals surface area contributed by atoms with Crippen molar-refractivity contribution in [2.45, 2.75) is 25.4 Å². The smallest absolute Gasteiger partial charge is 0.274 e. The second-order valence-electron chi connectivity index (χ2n) is 7.54. The van der Waals surface area contributed by atoms with Gasteiger partial charge in [0.15, 0.2) is 5.69 Å². The van der Waals surface area contributed by atoms with Crippen LogP contribution in [-0.4, -0.2) is 40.3 Å². The second kappa shape index (κ2) is 7.44. The highest BCUT2D eigenvalue weighted by Gasteiger charge is 2.32. The van der Waals surface area contributed by atoms with Crippen LogP contribution < -0.4 is 0 Å². The molecular formula is C23H22FN3O2. The second-order valence-corrected chi connectivity index (χ2v) is 7.54. The molecule has 6 heteroatoms. The maximum Gasteiger partial charge on any atom is 0.274 e. The van der Waals surface area contributed by atoms with Gasteiger partial charge in [-0.25, -0.2) is 9.07 Å². The molecule has 29 heavy (non-hydrogen) atoms. The van der Waals surface area contributed by atoms with Crippen LogP contribution in [0.3, 0.4) is 0 Å². The van der Waals surface area contributed by atoms with E-state index in [1.54, 1.807) is 12.1 Å². The van der Waals surface area contributed by atoms with Crippen LogP contribution in [0.25, 0.3) is 5.69 Å². The van der Waals surface area contributed by atoms with Gasteiger partial charge in [0.05, 0.1) is 18.8 Å². The molecule has 1 unspecified atom stereocenters. The molecule has 1 saturated heterocycles. The van der Waals surface area contributed by atoms with Gasteiger partial charge in [0.2, 0.25) is 0 Å². The molecular weight excluding hydrogens is 369 g/mol. The number of amides is 1. The van der Waals surface area contributed by atoms with E-state index >= 15 is 0 Å². The van der Waals surface area contributed by atoms with Crippen LogP contribution in [0.4, 0.5) is 4.39 Å². The van der Waals surface area contributed by atoms with Gasteiger partial charge in [-0.05, 0) is 49.1 Å². The first-order valence-electron chi connectivity index (χ1n) is 10.0. The predicted octanol–water partition coefficient (Wildman–Crippen LogP) is 3.71. The molecule has 1 aromatic heterocycles. The summed E-state index contributed by atoms with van der Waals surface area (Å²) in [4.78, 5) is 15.2. The number of fused-ring (bicyclic) bond motifs is 1. The minimum Gasteiger partial charge on any atom is -0.370 e. The minimum absolute atomic E-state index is 0.0479. The van der Waals surface area contributed by atoms with E-state index in [-0.39, 0.29) is 17.8 Å². The molecule has 5 rings (SSSR count).